The van der Waals surface area contributed by atoms with Crippen molar-refractivity contribution in [1.82, 2.24) is 9.66 Å². The van der Waals surface area contributed by atoms with Crippen LogP contribution >= 0.6 is 39.3 Å². The Hall–Kier alpha value is -3.33. The maximum absolute atomic E-state index is 13.7. The van der Waals surface area contributed by atoms with E-state index in [2.05, 4.69) is 34.9 Å². The quantitative estimate of drug-likeness (QED) is 0.170. The van der Waals surface area contributed by atoms with Crippen molar-refractivity contribution in [2.24, 2.45) is 5.10 Å². The Labute approximate surface area is 243 Å². The number of ether oxygens (including phenoxy) is 1. The summed E-state index contributed by atoms with van der Waals surface area (Å²) in [5, 5.41) is 6.39. The molecule has 0 aliphatic rings. The fourth-order valence-electron chi connectivity index (χ4n) is 4.20. The van der Waals surface area contributed by atoms with E-state index in [4.69, 9.17) is 25.7 Å². The van der Waals surface area contributed by atoms with Crippen LogP contribution in [-0.4, -0.2) is 23.0 Å². The average Bonchev–Trinajstić information content (AvgIpc) is 3.27. The van der Waals surface area contributed by atoms with Gasteiger partial charge in [0.25, 0.3) is 5.56 Å². The van der Waals surface area contributed by atoms with Crippen LogP contribution in [0.5, 0.6) is 5.75 Å². The molecule has 0 spiro atoms. The van der Waals surface area contributed by atoms with E-state index < -0.39 is 0 Å². The summed E-state index contributed by atoms with van der Waals surface area (Å²) < 4.78 is 13.8. The monoisotopic (exact) mass is 621 g/mol. The largest absolute Gasteiger partial charge is 0.496 e. The highest BCUT2D eigenvalue weighted by molar-refractivity contribution is 9.10. The molecule has 0 saturated carbocycles. The number of benzene rings is 3. The summed E-state index contributed by atoms with van der Waals surface area (Å²) >= 11 is 11.0. The zero-order chi connectivity index (χ0) is 27.7. The number of hydrogen-bond donors (Lipinski definition) is 0. The molecule has 198 valence electrons. The third kappa shape index (κ3) is 5.69. The van der Waals surface area contributed by atoms with Gasteiger partial charge in [0, 0.05) is 21.5 Å². The van der Waals surface area contributed by atoms with E-state index in [0.717, 1.165) is 31.8 Å². The minimum Gasteiger partial charge on any atom is -0.496 e. The Kier molecular flexibility index (Phi) is 7.98. The summed E-state index contributed by atoms with van der Waals surface area (Å²) in [6.07, 6.45) is 1.53. The van der Waals surface area contributed by atoms with E-state index in [-0.39, 0.29) is 11.5 Å². The first-order valence-electron chi connectivity index (χ1n) is 12.2. The number of nitrogens with zero attached hydrogens (tertiary/aromatic N) is 3. The summed E-state index contributed by atoms with van der Waals surface area (Å²) in [7, 11) is 1.66. The van der Waals surface area contributed by atoms with Crippen LogP contribution in [0.15, 0.2) is 95.5 Å². The molecule has 5 rings (SSSR count). The van der Waals surface area contributed by atoms with Gasteiger partial charge in [-0.15, -0.1) is 0 Å². The Morgan fingerprint density at radius 3 is 2.59 bits per heavy atom. The zero-order valence-corrected chi connectivity index (χ0v) is 24.9. The number of hydrogen-bond acceptors (Lipinski definition) is 6. The normalized spacial score (nSPS) is 11.7. The lowest BCUT2D eigenvalue weighted by Gasteiger charge is -2.17. The van der Waals surface area contributed by atoms with Crippen LogP contribution in [0, 0.1) is 6.92 Å². The van der Waals surface area contributed by atoms with E-state index in [1.54, 1.807) is 13.2 Å². The van der Waals surface area contributed by atoms with Crippen LogP contribution < -0.4 is 10.3 Å². The van der Waals surface area contributed by atoms with Crippen molar-refractivity contribution < 1.29 is 9.15 Å². The number of halogens is 2. The SMILES string of the molecule is COc1cc(C)c(-c2nc3ccccc3c(=O)n2N=Cc2cc(Br)c(Sc3ccc(Cl)cc3)o2)cc1C(C)C. The molecular formula is C30H25BrClN3O3S. The molecule has 9 heteroatoms. The average molecular weight is 623 g/mol. The van der Waals surface area contributed by atoms with Crippen LogP contribution in [0.1, 0.15) is 36.7 Å². The molecule has 0 amide bonds. The van der Waals surface area contributed by atoms with Gasteiger partial charge in [-0.05, 0) is 88.4 Å². The van der Waals surface area contributed by atoms with Gasteiger partial charge in [0.1, 0.15) is 11.5 Å². The van der Waals surface area contributed by atoms with E-state index >= 15 is 0 Å². The standard InChI is InChI=1S/C30H25BrClN3O3S/c1-17(2)23-15-24(18(3)13-27(23)37-4)28-34-26-8-6-5-7-22(26)29(36)35(28)33-16-20-14-25(31)30(38-20)39-21-11-9-19(32)10-12-21/h5-17H,1-4H3. The van der Waals surface area contributed by atoms with Gasteiger partial charge in [0.05, 0.1) is 28.7 Å². The highest BCUT2D eigenvalue weighted by Gasteiger charge is 2.18. The maximum atomic E-state index is 13.7. The second-order valence-electron chi connectivity index (χ2n) is 9.22. The minimum absolute atomic E-state index is 0.209. The van der Waals surface area contributed by atoms with Gasteiger partial charge >= 0.3 is 0 Å². The topological polar surface area (TPSA) is 69.6 Å². The first-order chi connectivity index (χ1) is 18.7. The molecule has 2 heterocycles. The number of fused-ring (bicyclic) bond motifs is 1. The van der Waals surface area contributed by atoms with Gasteiger partial charge in [0.15, 0.2) is 10.9 Å². The highest BCUT2D eigenvalue weighted by atomic mass is 79.9. The summed E-state index contributed by atoms with van der Waals surface area (Å²) in [6.45, 7) is 6.18. The van der Waals surface area contributed by atoms with Crippen molar-refractivity contribution in [2.45, 2.75) is 36.7 Å². The molecule has 0 atom stereocenters. The number of furan rings is 1. The molecular weight excluding hydrogens is 598 g/mol. The first kappa shape index (κ1) is 27.2. The van der Waals surface area contributed by atoms with Crippen molar-refractivity contribution >= 4 is 56.4 Å². The van der Waals surface area contributed by atoms with E-state index in [1.807, 2.05) is 67.6 Å². The molecule has 39 heavy (non-hydrogen) atoms. The molecule has 0 saturated heterocycles. The molecule has 6 nitrogen and oxygen atoms in total. The van der Waals surface area contributed by atoms with Crippen molar-refractivity contribution in [3.8, 4) is 17.1 Å². The molecule has 0 radical (unpaired) electrons. The maximum Gasteiger partial charge on any atom is 0.282 e. The highest BCUT2D eigenvalue weighted by Crippen LogP contribution is 2.36. The molecule has 0 aliphatic carbocycles. The lowest BCUT2D eigenvalue weighted by molar-refractivity contribution is 0.407. The Morgan fingerprint density at radius 2 is 1.87 bits per heavy atom. The minimum atomic E-state index is -0.269. The van der Waals surface area contributed by atoms with E-state index in [1.165, 1.54) is 22.7 Å². The van der Waals surface area contributed by atoms with Crippen LogP contribution in [-0.2, 0) is 0 Å². The van der Waals surface area contributed by atoms with Crippen molar-refractivity contribution in [2.75, 3.05) is 7.11 Å². The second kappa shape index (κ2) is 11.4. The van der Waals surface area contributed by atoms with Crippen LogP contribution in [0.4, 0.5) is 0 Å². The van der Waals surface area contributed by atoms with Crippen molar-refractivity contribution in [3.05, 3.63) is 103 Å². The van der Waals surface area contributed by atoms with E-state index in [9.17, 15) is 4.79 Å². The molecule has 0 unspecified atom stereocenters. The molecule has 0 fully saturated rings. The van der Waals surface area contributed by atoms with Crippen LogP contribution in [0.3, 0.4) is 0 Å². The van der Waals surface area contributed by atoms with Gasteiger partial charge in [-0.25, -0.2) is 4.98 Å². The van der Waals surface area contributed by atoms with Gasteiger partial charge in [-0.2, -0.15) is 9.78 Å². The number of aromatic nitrogens is 2. The first-order valence-corrected chi connectivity index (χ1v) is 14.2. The van der Waals surface area contributed by atoms with Crippen LogP contribution in [0.2, 0.25) is 5.02 Å². The van der Waals surface area contributed by atoms with Crippen molar-refractivity contribution in [3.63, 3.8) is 0 Å². The lowest BCUT2D eigenvalue weighted by Crippen LogP contribution is -2.20. The zero-order valence-electron chi connectivity index (χ0n) is 21.7. The summed E-state index contributed by atoms with van der Waals surface area (Å²) in [4.78, 5) is 19.5. The fourth-order valence-corrected chi connectivity index (χ4v) is 5.65. The second-order valence-corrected chi connectivity index (χ2v) is 11.6. The smallest absolute Gasteiger partial charge is 0.282 e. The number of methoxy groups -OCH3 is 1. The predicted molar refractivity (Wildman–Crippen MR) is 162 cm³/mol. The number of rotatable bonds is 7. The third-order valence-electron chi connectivity index (χ3n) is 6.19. The molecule has 3 aromatic carbocycles. The molecule has 2 aromatic heterocycles. The lowest BCUT2D eigenvalue weighted by atomic mass is 9.96. The Morgan fingerprint density at radius 1 is 1.13 bits per heavy atom. The Balaban J connectivity index is 1.61. The summed E-state index contributed by atoms with van der Waals surface area (Å²) in [6, 6.07) is 20.6. The third-order valence-corrected chi connectivity index (χ3v) is 8.29. The van der Waals surface area contributed by atoms with Gasteiger partial charge in [0.2, 0.25) is 0 Å². The molecule has 0 aliphatic heterocycles. The fraction of sp³-hybridized carbons (Fsp3) is 0.167. The van der Waals surface area contributed by atoms with Gasteiger partial charge in [-0.1, -0.05) is 49.3 Å². The number of para-hydroxylation sites is 1. The predicted octanol–water partition coefficient (Wildman–Crippen LogP) is 8.55. The number of aryl methyl sites for hydroxylation is 1. The van der Waals surface area contributed by atoms with Crippen LogP contribution in [0.25, 0.3) is 22.3 Å². The molecule has 0 N–H and O–H groups in total. The van der Waals surface area contributed by atoms with Gasteiger partial charge < -0.3 is 9.15 Å². The molecule has 0 bridgehead atoms. The van der Waals surface area contributed by atoms with E-state index in [0.29, 0.717) is 32.6 Å². The van der Waals surface area contributed by atoms with Gasteiger partial charge in [-0.3, -0.25) is 4.79 Å². The Bertz CT molecular complexity index is 1760. The summed E-state index contributed by atoms with van der Waals surface area (Å²) in [5.74, 6) is 1.94. The summed E-state index contributed by atoms with van der Waals surface area (Å²) in [5.41, 5.74) is 3.08. The molecule has 5 aromatic rings. The van der Waals surface area contributed by atoms with Crippen molar-refractivity contribution in [1.29, 1.82) is 0 Å².